The molecule has 0 fully saturated rings. The van der Waals surface area contributed by atoms with Crippen molar-refractivity contribution in [3.63, 3.8) is 0 Å². The Morgan fingerprint density at radius 1 is 0.952 bits per heavy atom. The lowest BCUT2D eigenvalue weighted by atomic mass is 10.1. The van der Waals surface area contributed by atoms with Gasteiger partial charge in [-0.05, 0) is 30.5 Å². The maximum absolute atomic E-state index is 5.54. The van der Waals surface area contributed by atoms with E-state index in [0.29, 0.717) is 6.61 Å². The van der Waals surface area contributed by atoms with Gasteiger partial charge in [-0.2, -0.15) is 0 Å². The Kier molecular flexibility index (Phi) is 11.3. The molecule has 118 valence electrons. The number of halogens is 1. The highest BCUT2D eigenvalue weighted by molar-refractivity contribution is 9.09. The summed E-state index contributed by atoms with van der Waals surface area (Å²) in [4.78, 5) is 0. The average molecular weight is 353 g/mol. The van der Waals surface area contributed by atoms with E-state index >= 15 is 0 Å². The van der Waals surface area contributed by atoms with E-state index in [9.17, 15) is 0 Å². The van der Waals surface area contributed by atoms with Gasteiger partial charge in [-0.3, -0.25) is 0 Å². The highest BCUT2D eigenvalue weighted by atomic mass is 79.9. The zero-order valence-corrected chi connectivity index (χ0v) is 14.9. The molecule has 0 aromatic heterocycles. The predicted octanol–water partition coefficient (Wildman–Crippen LogP) is 6.61. The number of allylic oxidation sites excluding steroid dienone is 1. The van der Waals surface area contributed by atoms with Crippen LogP contribution in [-0.4, -0.2) is 11.9 Å². The van der Waals surface area contributed by atoms with Crippen molar-refractivity contribution in [1.82, 2.24) is 0 Å². The minimum Gasteiger partial charge on any atom is -0.493 e. The lowest BCUT2D eigenvalue weighted by Crippen LogP contribution is -1.97. The first-order chi connectivity index (χ1) is 10.4. The van der Waals surface area contributed by atoms with Crippen LogP contribution in [0, 0.1) is 0 Å². The lowest BCUT2D eigenvalue weighted by Gasteiger charge is -2.03. The summed E-state index contributed by atoms with van der Waals surface area (Å²) in [5, 5.41) is 0.868. The molecule has 0 heterocycles. The Morgan fingerprint density at radius 3 is 2.29 bits per heavy atom. The van der Waals surface area contributed by atoms with Crippen molar-refractivity contribution in [3.05, 3.63) is 35.9 Å². The maximum Gasteiger partial charge on any atom is 0.119 e. The van der Waals surface area contributed by atoms with E-state index in [1.54, 1.807) is 0 Å². The first kappa shape index (κ1) is 18.3. The van der Waals surface area contributed by atoms with Gasteiger partial charge in [0.25, 0.3) is 0 Å². The van der Waals surface area contributed by atoms with Crippen LogP contribution in [-0.2, 0) is 0 Å². The molecule has 0 amide bonds. The van der Waals surface area contributed by atoms with Gasteiger partial charge >= 0.3 is 0 Å². The van der Waals surface area contributed by atoms with Crippen LogP contribution in [0.3, 0.4) is 0 Å². The van der Waals surface area contributed by atoms with Gasteiger partial charge in [0, 0.05) is 5.33 Å². The summed E-state index contributed by atoms with van der Waals surface area (Å²) in [5.74, 6) is 0.943. The molecule has 0 unspecified atom stereocenters. The Labute approximate surface area is 138 Å². The number of hydrogen-bond donors (Lipinski definition) is 0. The lowest BCUT2D eigenvalue weighted by molar-refractivity contribution is 0.345. The number of ether oxygens (including phenoxy) is 1. The van der Waals surface area contributed by atoms with Crippen LogP contribution in [0.15, 0.2) is 30.3 Å². The van der Waals surface area contributed by atoms with Gasteiger partial charge < -0.3 is 4.74 Å². The Hall–Kier alpha value is -0.760. The molecular weight excluding hydrogens is 324 g/mol. The van der Waals surface area contributed by atoms with Crippen molar-refractivity contribution in [2.24, 2.45) is 0 Å². The zero-order valence-electron chi connectivity index (χ0n) is 13.3. The monoisotopic (exact) mass is 352 g/mol. The molecule has 0 saturated carbocycles. The number of hydrogen-bond acceptors (Lipinski definition) is 1. The summed E-state index contributed by atoms with van der Waals surface area (Å²) in [7, 11) is 0. The summed E-state index contributed by atoms with van der Waals surface area (Å²) in [6, 6.07) is 8.31. The molecule has 0 saturated heterocycles. The fourth-order valence-electron chi connectivity index (χ4n) is 2.27. The average Bonchev–Trinajstić information content (AvgIpc) is 2.52. The number of benzene rings is 1. The Bertz CT molecular complexity index is 370. The first-order valence-corrected chi connectivity index (χ1v) is 9.44. The predicted molar refractivity (Wildman–Crippen MR) is 97.4 cm³/mol. The van der Waals surface area contributed by atoms with E-state index in [0.717, 1.165) is 11.1 Å². The van der Waals surface area contributed by atoms with Crippen molar-refractivity contribution in [1.29, 1.82) is 0 Å². The first-order valence-electron chi connectivity index (χ1n) is 8.32. The van der Waals surface area contributed by atoms with E-state index in [-0.39, 0.29) is 0 Å². The summed E-state index contributed by atoms with van der Waals surface area (Å²) >= 11 is 3.36. The van der Waals surface area contributed by atoms with E-state index in [1.165, 1.54) is 56.9 Å². The van der Waals surface area contributed by atoms with Gasteiger partial charge in [0.05, 0.1) is 6.61 Å². The highest BCUT2D eigenvalue weighted by Gasteiger charge is 1.93. The molecule has 0 spiro atoms. The third-order valence-electron chi connectivity index (χ3n) is 3.51. The van der Waals surface area contributed by atoms with E-state index < -0.39 is 0 Å². The Balaban J connectivity index is 2.10. The smallest absolute Gasteiger partial charge is 0.119 e. The van der Waals surface area contributed by atoms with Crippen molar-refractivity contribution in [3.8, 4) is 5.75 Å². The molecule has 0 bridgehead atoms. The molecule has 0 radical (unpaired) electrons. The van der Waals surface area contributed by atoms with Crippen molar-refractivity contribution < 1.29 is 4.74 Å². The molecule has 1 aromatic carbocycles. The Morgan fingerprint density at radius 2 is 1.62 bits per heavy atom. The third kappa shape index (κ3) is 9.73. The van der Waals surface area contributed by atoms with Crippen LogP contribution < -0.4 is 4.74 Å². The van der Waals surface area contributed by atoms with Crippen LogP contribution >= 0.6 is 15.9 Å². The van der Waals surface area contributed by atoms with Gasteiger partial charge in [-0.25, -0.2) is 0 Å². The van der Waals surface area contributed by atoms with Gasteiger partial charge in [0.2, 0.25) is 0 Å². The second kappa shape index (κ2) is 12.9. The molecule has 0 aliphatic carbocycles. The summed E-state index contributed by atoms with van der Waals surface area (Å²) < 4.78 is 5.54. The van der Waals surface area contributed by atoms with Gasteiger partial charge in [-0.1, -0.05) is 85.7 Å². The number of unbranched alkanes of at least 4 members (excludes halogenated alkanes) is 7. The fourth-order valence-corrected chi connectivity index (χ4v) is 2.43. The second-order valence-electron chi connectivity index (χ2n) is 5.42. The molecule has 0 aliphatic heterocycles. The molecule has 21 heavy (non-hydrogen) atoms. The summed E-state index contributed by atoms with van der Waals surface area (Å²) in [5.41, 5.74) is 1.25. The van der Waals surface area contributed by atoms with Crippen LogP contribution in [0.1, 0.15) is 63.9 Å². The van der Waals surface area contributed by atoms with Gasteiger partial charge in [-0.15, -0.1) is 0 Å². The normalized spacial score (nSPS) is 11.1. The molecular formula is C19H29BrO. The molecule has 1 aromatic rings. The van der Waals surface area contributed by atoms with Crippen molar-refractivity contribution >= 4 is 22.0 Å². The fraction of sp³-hybridized carbons (Fsp3) is 0.579. The van der Waals surface area contributed by atoms with Crippen molar-refractivity contribution in [2.45, 2.75) is 58.3 Å². The minimum atomic E-state index is 0.716. The number of alkyl halides is 1. The highest BCUT2D eigenvalue weighted by Crippen LogP contribution is 2.14. The molecule has 2 heteroatoms. The topological polar surface area (TPSA) is 9.23 Å². The van der Waals surface area contributed by atoms with Crippen LogP contribution in [0.25, 0.3) is 6.08 Å². The SMILES string of the molecule is CCCCCCCCCC=Cc1ccc(OCCBr)cc1. The summed E-state index contributed by atoms with van der Waals surface area (Å²) in [6.07, 6.45) is 15.3. The number of rotatable bonds is 12. The van der Waals surface area contributed by atoms with Crippen LogP contribution in [0.4, 0.5) is 0 Å². The summed E-state index contributed by atoms with van der Waals surface area (Å²) in [6.45, 7) is 2.98. The quantitative estimate of drug-likeness (QED) is 0.303. The van der Waals surface area contributed by atoms with Crippen molar-refractivity contribution in [2.75, 3.05) is 11.9 Å². The maximum atomic E-state index is 5.54. The van der Waals surface area contributed by atoms with Gasteiger partial charge in [0.1, 0.15) is 5.75 Å². The second-order valence-corrected chi connectivity index (χ2v) is 6.21. The zero-order chi connectivity index (χ0) is 15.2. The molecule has 0 aliphatic rings. The minimum absolute atomic E-state index is 0.716. The molecule has 1 nitrogen and oxygen atoms in total. The van der Waals surface area contributed by atoms with E-state index in [2.05, 4.69) is 47.1 Å². The largest absolute Gasteiger partial charge is 0.493 e. The van der Waals surface area contributed by atoms with Crippen LogP contribution in [0.2, 0.25) is 0 Å². The molecule has 0 atom stereocenters. The molecule has 0 N–H and O–H groups in total. The van der Waals surface area contributed by atoms with E-state index in [4.69, 9.17) is 4.74 Å². The van der Waals surface area contributed by atoms with Gasteiger partial charge in [0.15, 0.2) is 0 Å². The third-order valence-corrected chi connectivity index (χ3v) is 3.83. The molecule has 1 rings (SSSR count). The van der Waals surface area contributed by atoms with E-state index in [1.807, 2.05) is 12.1 Å². The van der Waals surface area contributed by atoms with Crippen LogP contribution in [0.5, 0.6) is 5.75 Å². The standard InChI is InChI=1S/C19H29BrO/c1-2-3-4-5-6-7-8-9-10-11-18-12-14-19(15-13-18)21-17-16-20/h10-15H,2-9,16-17H2,1H3.